The molecule has 1 aliphatic heterocycles. The van der Waals surface area contributed by atoms with Gasteiger partial charge in [-0.2, -0.15) is 0 Å². The molecule has 1 amide bonds. The Bertz CT molecular complexity index is 683. The molecule has 1 aliphatic rings. The van der Waals surface area contributed by atoms with Crippen molar-refractivity contribution in [3.8, 4) is 0 Å². The lowest BCUT2D eigenvalue weighted by atomic mass is 10.1. The van der Waals surface area contributed by atoms with Crippen LogP contribution in [-0.4, -0.2) is 19.6 Å². The van der Waals surface area contributed by atoms with E-state index in [1.54, 1.807) is 7.11 Å². The molecular weight excluding hydrogens is 276 g/mol. The molecule has 0 aliphatic carbocycles. The van der Waals surface area contributed by atoms with Crippen molar-refractivity contribution in [3.05, 3.63) is 64.7 Å². The highest BCUT2D eigenvalue weighted by Gasteiger charge is 2.13. The predicted octanol–water partition coefficient (Wildman–Crippen LogP) is 2.73. The van der Waals surface area contributed by atoms with Gasteiger partial charge < -0.3 is 15.4 Å². The number of carbonyl (C=O) groups is 1. The molecule has 0 bridgehead atoms. The van der Waals surface area contributed by atoms with E-state index in [4.69, 9.17) is 4.74 Å². The van der Waals surface area contributed by atoms with E-state index >= 15 is 0 Å². The number of methoxy groups -OCH3 is 1. The van der Waals surface area contributed by atoms with Gasteiger partial charge in [-0.1, -0.05) is 24.3 Å². The highest BCUT2D eigenvalue weighted by molar-refractivity contribution is 5.95. The van der Waals surface area contributed by atoms with E-state index in [2.05, 4.69) is 10.6 Å². The maximum Gasteiger partial charge on any atom is 0.251 e. The Kier molecular flexibility index (Phi) is 4.39. The minimum atomic E-state index is -0.0399. The average molecular weight is 296 g/mol. The topological polar surface area (TPSA) is 50.4 Å². The standard InChI is InChI=1S/C18H20N2O2/c1-22-12-16-5-3-2-4-15(16)11-20-18(21)14-6-7-17-13(10-14)8-9-19-17/h2-7,10,19H,8-9,11-12H2,1H3,(H,20,21). The molecule has 0 saturated heterocycles. The fourth-order valence-corrected chi connectivity index (χ4v) is 2.75. The van der Waals surface area contributed by atoms with Crippen molar-refractivity contribution in [2.45, 2.75) is 19.6 Å². The molecule has 114 valence electrons. The van der Waals surface area contributed by atoms with Crippen LogP contribution in [0.4, 0.5) is 5.69 Å². The van der Waals surface area contributed by atoms with Crippen LogP contribution in [0.2, 0.25) is 0 Å². The molecule has 1 heterocycles. The van der Waals surface area contributed by atoms with Crippen LogP contribution in [0.3, 0.4) is 0 Å². The van der Waals surface area contributed by atoms with Crippen molar-refractivity contribution < 1.29 is 9.53 Å². The third-order valence-electron chi connectivity index (χ3n) is 3.93. The Morgan fingerprint density at radius 3 is 2.86 bits per heavy atom. The summed E-state index contributed by atoms with van der Waals surface area (Å²) in [5.74, 6) is -0.0399. The van der Waals surface area contributed by atoms with Crippen molar-refractivity contribution in [2.75, 3.05) is 19.0 Å². The molecular formula is C18H20N2O2. The Balaban J connectivity index is 1.68. The van der Waals surface area contributed by atoms with Crippen LogP contribution in [0.5, 0.6) is 0 Å². The third-order valence-corrected chi connectivity index (χ3v) is 3.93. The molecule has 2 aromatic carbocycles. The molecule has 0 unspecified atom stereocenters. The zero-order valence-corrected chi connectivity index (χ0v) is 12.7. The lowest BCUT2D eigenvalue weighted by Gasteiger charge is -2.10. The van der Waals surface area contributed by atoms with Gasteiger partial charge in [0.2, 0.25) is 0 Å². The molecule has 3 rings (SSSR count). The zero-order chi connectivity index (χ0) is 15.4. The number of carbonyl (C=O) groups excluding carboxylic acids is 1. The molecule has 2 N–H and O–H groups in total. The number of nitrogens with one attached hydrogen (secondary N) is 2. The largest absolute Gasteiger partial charge is 0.384 e. The quantitative estimate of drug-likeness (QED) is 0.892. The lowest BCUT2D eigenvalue weighted by Crippen LogP contribution is -2.23. The summed E-state index contributed by atoms with van der Waals surface area (Å²) in [7, 11) is 1.67. The van der Waals surface area contributed by atoms with E-state index in [0.717, 1.165) is 29.8 Å². The fourth-order valence-electron chi connectivity index (χ4n) is 2.75. The number of fused-ring (bicyclic) bond motifs is 1. The van der Waals surface area contributed by atoms with E-state index in [1.807, 2.05) is 42.5 Å². The van der Waals surface area contributed by atoms with E-state index in [0.29, 0.717) is 18.7 Å². The van der Waals surface area contributed by atoms with Crippen LogP contribution in [0.15, 0.2) is 42.5 Å². The summed E-state index contributed by atoms with van der Waals surface area (Å²) in [6.07, 6.45) is 0.979. The van der Waals surface area contributed by atoms with Crippen molar-refractivity contribution in [3.63, 3.8) is 0 Å². The van der Waals surface area contributed by atoms with Crippen LogP contribution >= 0.6 is 0 Å². The maximum atomic E-state index is 12.3. The second-order valence-electron chi connectivity index (χ2n) is 5.43. The number of hydrogen-bond donors (Lipinski definition) is 2. The first kappa shape index (κ1) is 14.6. The highest BCUT2D eigenvalue weighted by atomic mass is 16.5. The van der Waals surface area contributed by atoms with Crippen molar-refractivity contribution >= 4 is 11.6 Å². The first-order valence-electron chi connectivity index (χ1n) is 7.48. The van der Waals surface area contributed by atoms with E-state index < -0.39 is 0 Å². The monoisotopic (exact) mass is 296 g/mol. The minimum absolute atomic E-state index is 0.0399. The number of hydrogen-bond acceptors (Lipinski definition) is 3. The number of ether oxygens (including phenoxy) is 1. The van der Waals surface area contributed by atoms with Crippen LogP contribution in [0, 0.1) is 0 Å². The molecule has 0 saturated carbocycles. The summed E-state index contributed by atoms with van der Waals surface area (Å²) in [5, 5.41) is 6.29. The summed E-state index contributed by atoms with van der Waals surface area (Å²) in [6, 6.07) is 13.8. The molecule has 4 nitrogen and oxygen atoms in total. The van der Waals surface area contributed by atoms with Gasteiger partial charge in [0.25, 0.3) is 5.91 Å². The van der Waals surface area contributed by atoms with Gasteiger partial charge >= 0.3 is 0 Å². The van der Waals surface area contributed by atoms with Gasteiger partial charge in [0, 0.05) is 31.5 Å². The van der Waals surface area contributed by atoms with Crippen molar-refractivity contribution in [1.29, 1.82) is 0 Å². The molecule has 4 heteroatoms. The van der Waals surface area contributed by atoms with Gasteiger partial charge in [-0.25, -0.2) is 0 Å². The van der Waals surface area contributed by atoms with Gasteiger partial charge in [-0.3, -0.25) is 4.79 Å². The van der Waals surface area contributed by atoms with Crippen LogP contribution in [0.1, 0.15) is 27.0 Å². The third kappa shape index (κ3) is 3.12. The molecule has 0 aromatic heterocycles. The minimum Gasteiger partial charge on any atom is -0.384 e. The van der Waals surface area contributed by atoms with Gasteiger partial charge in [0.15, 0.2) is 0 Å². The first-order valence-corrected chi connectivity index (χ1v) is 7.48. The normalized spacial score (nSPS) is 12.6. The summed E-state index contributed by atoms with van der Waals surface area (Å²) < 4.78 is 5.19. The fraction of sp³-hybridized carbons (Fsp3) is 0.278. The summed E-state index contributed by atoms with van der Waals surface area (Å²) in [4.78, 5) is 12.3. The SMILES string of the molecule is COCc1ccccc1CNC(=O)c1ccc2c(c1)CCN2. The molecule has 0 spiro atoms. The summed E-state index contributed by atoms with van der Waals surface area (Å²) >= 11 is 0. The second-order valence-corrected chi connectivity index (χ2v) is 5.43. The van der Waals surface area contributed by atoms with E-state index in [9.17, 15) is 4.79 Å². The van der Waals surface area contributed by atoms with E-state index in [-0.39, 0.29) is 5.91 Å². The van der Waals surface area contributed by atoms with Gasteiger partial charge in [-0.05, 0) is 41.3 Å². The molecule has 0 atom stereocenters. The van der Waals surface area contributed by atoms with Crippen LogP contribution in [-0.2, 0) is 24.3 Å². The number of anilines is 1. The summed E-state index contributed by atoms with van der Waals surface area (Å²) in [5.41, 5.74) is 5.25. The van der Waals surface area contributed by atoms with Gasteiger partial charge in [0.1, 0.15) is 0 Å². The average Bonchev–Trinajstić information content (AvgIpc) is 3.01. The molecule has 22 heavy (non-hydrogen) atoms. The number of rotatable bonds is 5. The Morgan fingerprint density at radius 1 is 1.23 bits per heavy atom. The van der Waals surface area contributed by atoms with Crippen molar-refractivity contribution in [1.82, 2.24) is 5.32 Å². The Morgan fingerprint density at radius 2 is 2.05 bits per heavy atom. The van der Waals surface area contributed by atoms with Crippen LogP contribution in [0.25, 0.3) is 0 Å². The lowest BCUT2D eigenvalue weighted by molar-refractivity contribution is 0.0950. The Hall–Kier alpha value is -2.33. The smallest absolute Gasteiger partial charge is 0.251 e. The zero-order valence-electron chi connectivity index (χ0n) is 12.7. The molecule has 2 aromatic rings. The summed E-state index contributed by atoms with van der Waals surface area (Å²) in [6.45, 7) is 2.01. The highest BCUT2D eigenvalue weighted by Crippen LogP contribution is 2.23. The number of amides is 1. The van der Waals surface area contributed by atoms with Gasteiger partial charge in [0.05, 0.1) is 6.61 Å². The predicted molar refractivity (Wildman–Crippen MR) is 87.0 cm³/mol. The van der Waals surface area contributed by atoms with Crippen LogP contribution < -0.4 is 10.6 Å². The van der Waals surface area contributed by atoms with Crippen molar-refractivity contribution in [2.24, 2.45) is 0 Å². The number of benzene rings is 2. The molecule has 0 fully saturated rings. The van der Waals surface area contributed by atoms with E-state index in [1.165, 1.54) is 5.56 Å². The first-order chi connectivity index (χ1) is 10.8. The van der Waals surface area contributed by atoms with Gasteiger partial charge in [-0.15, -0.1) is 0 Å². The maximum absolute atomic E-state index is 12.3. The Labute approximate surface area is 130 Å². The second kappa shape index (κ2) is 6.62. The molecule has 0 radical (unpaired) electrons.